The van der Waals surface area contributed by atoms with E-state index in [0.717, 1.165) is 25.7 Å². The zero-order chi connectivity index (χ0) is 36.9. The van der Waals surface area contributed by atoms with Crippen molar-refractivity contribution < 1.29 is 33.4 Å². The third-order valence-corrected chi connectivity index (χ3v) is 7.94. The van der Waals surface area contributed by atoms with Gasteiger partial charge in [0.25, 0.3) is 0 Å². The fraction of sp³-hybridized carbons (Fsp3) is 0.892. The lowest BCUT2D eigenvalue weighted by Crippen LogP contribution is -2.52. The lowest BCUT2D eigenvalue weighted by Gasteiger charge is -2.31. The molecule has 0 bridgehead atoms. The maximum atomic E-state index is 13.5. The highest BCUT2D eigenvalue weighted by molar-refractivity contribution is 5.89. The summed E-state index contributed by atoms with van der Waals surface area (Å²) in [5.41, 5.74) is -1.64. The van der Waals surface area contributed by atoms with Gasteiger partial charge in [-0.15, -0.1) is 0 Å². The predicted octanol–water partition coefficient (Wildman–Crippen LogP) is 5.15. The van der Waals surface area contributed by atoms with Crippen LogP contribution in [0.2, 0.25) is 0 Å². The summed E-state index contributed by atoms with van der Waals surface area (Å²) >= 11 is 0. The van der Waals surface area contributed by atoms with Crippen molar-refractivity contribution in [1.82, 2.24) is 21.3 Å². The summed E-state index contributed by atoms with van der Waals surface area (Å²) in [6.07, 6.45) is 6.65. The minimum atomic E-state index is -0.857. The van der Waals surface area contributed by atoms with E-state index in [0.29, 0.717) is 78.2 Å². The summed E-state index contributed by atoms with van der Waals surface area (Å²) in [5.74, 6) is -0.413. The molecule has 0 saturated carbocycles. The number of ether oxygens (including phenoxy) is 3. The summed E-state index contributed by atoms with van der Waals surface area (Å²) in [6, 6.07) is -0.732. The molecule has 0 fully saturated rings. The van der Waals surface area contributed by atoms with Crippen LogP contribution < -0.4 is 21.3 Å². The second kappa shape index (κ2) is 23.2. The van der Waals surface area contributed by atoms with Crippen molar-refractivity contribution in [3.8, 4) is 0 Å². The lowest BCUT2D eigenvalue weighted by molar-refractivity contribution is -0.137. The molecule has 11 heteroatoms. The van der Waals surface area contributed by atoms with Gasteiger partial charge in [-0.25, -0.2) is 0 Å². The topological polar surface area (TPSA) is 144 Å². The van der Waals surface area contributed by atoms with Gasteiger partial charge in [-0.1, -0.05) is 68.2 Å². The molecule has 0 aromatic heterocycles. The molecule has 0 aliphatic heterocycles. The number of hydrogen-bond acceptors (Lipinski definition) is 7. The van der Waals surface area contributed by atoms with E-state index in [2.05, 4.69) is 28.2 Å². The van der Waals surface area contributed by atoms with Crippen molar-refractivity contribution in [3.63, 3.8) is 0 Å². The number of methoxy groups -OCH3 is 1. The van der Waals surface area contributed by atoms with Crippen LogP contribution in [-0.2, 0) is 33.4 Å². The molecule has 282 valence electrons. The average Bonchev–Trinajstić information content (AvgIpc) is 2.98. The van der Waals surface area contributed by atoms with Gasteiger partial charge in [-0.2, -0.15) is 0 Å². The van der Waals surface area contributed by atoms with E-state index in [9.17, 15) is 19.2 Å². The van der Waals surface area contributed by atoms with Gasteiger partial charge in [0.1, 0.15) is 6.04 Å². The Balaban J connectivity index is 5.20. The van der Waals surface area contributed by atoms with Crippen LogP contribution in [0.5, 0.6) is 0 Å². The Kier molecular flexibility index (Phi) is 22.1. The minimum absolute atomic E-state index is 0.0457. The van der Waals surface area contributed by atoms with E-state index in [-0.39, 0.29) is 46.5 Å². The van der Waals surface area contributed by atoms with E-state index in [1.54, 1.807) is 7.11 Å². The van der Waals surface area contributed by atoms with Gasteiger partial charge in [-0.3, -0.25) is 19.2 Å². The number of carbonyl (C=O) groups is 4. The monoisotopic (exact) mass is 685 g/mol. The van der Waals surface area contributed by atoms with E-state index in [4.69, 9.17) is 14.2 Å². The Morgan fingerprint density at radius 3 is 1.75 bits per heavy atom. The number of amides is 4. The molecule has 0 radical (unpaired) electrons. The van der Waals surface area contributed by atoms with E-state index in [1.807, 2.05) is 62.3 Å². The van der Waals surface area contributed by atoms with Crippen LogP contribution in [0.15, 0.2) is 0 Å². The van der Waals surface area contributed by atoms with Crippen LogP contribution in [0.3, 0.4) is 0 Å². The Bertz CT molecular complexity index is 950. The van der Waals surface area contributed by atoms with Crippen molar-refractivity contribution >= 4 is 23.6 Å². The molecule has 0 rings (SSSR count). The van der Waals surface area contributed by atoms with Crippen LogP contribution in [0, 0.1) is 21.7 Å². The molecular weight excluding hydrogens is 612 g/mol. The second-order valence-electron chi connectivity index (χ2n) is 16.4. The number of unbranched alkanes of at least 4 members (excludes halogenated alkanes) is 3. The summed E-state index contributed by atoms with van der Waals surface area (Å²) in [6.45, 7) is 23.4. The highest BCUT2D eigenvalue weighted by atomic mass is 16.5. The van der Waals surface area contributed by atoms with Gasteiger partial charge in [0.05, 0.1) is 38.4 Å². The minimum Gasteiger partial charge on any atom is -0.384 e. The Morgan fingerprint density at radius 1 is 0.604 bits per heavy atom. The number of hydrogen-bond donors (Lipinski definition) is 4. The molecule has 11 nitrogen and oxygen atoms in total. The first kappa shape index (κ1) is 45.8. The number of rotatable bonds is 28. The Morgan fingerprint density at radius 2 is 1.17 bits per heavy atom. The summed E-state index contributed by atoms with van der Waals surface area (Å²) in [5, 5.41) is 12.0. The van der Waals surface area contributed by atoms with Gasteiger partial charge >= 0.3 is 0 Å². The van der Waals surface area contributed by atoms with E-state index in [1.165, 1.54) is 0 Å². The van der Waals surface area contributed by atoms with Crippen molar-refractivity contribution in [2.45, 2.75) is 133 Å². The first-order valence-corrected chi connectivity index (χ1v) is 18.1. The van der Waals surface area contributed by atoms with E-state index >= 15 is 0 Å². The molecule has 48 heavy (non-hydrogen) atoms. The Hall–Kier alpha value is -2.24. The lowest BCUT2D eigenvalue weighted by atomic mass is 9.91. The van der Waals surface area contributed by atoms with Gasteiger partial charge in [0.15, 0.2) is 0 Å². The first-order chi connectivity index (χ1) is 22.3. The highest BCUT2D eigenvalue weighted by Crippen LogP contribution is 2.22. The maximum absolute atomic E-state index is 13.5. The fourth-order valence-electron chi connectivity index (χ4n) is 4.84. The van der Waals surface area contributed by atoms with Crippen LogP contribution in [0.25, 0.3) is 0 Å². The van der Waals surface area contributed by atoms with Crippen molar-refractivity contribution in [2.24, 2.45) is 21.7 Å². The number of nitrogens with one attached hydrogen (secondary N) is 4. The van der Waals surface area contributed by atoms with E-state index < -0.39 is 11.5 Å². The maximum Gasteiger partial charge on any atom is 0.242 e. The zero-order valence-corrected chi connectivity index (χ0v) is 32.5. The third-order valence-electron chi connectivity index (χ3n) is 7.94. The smallest absolute Gasteiger partial charge is 0.242 e. The molecule has 4 amide bonds. The first-order valence-electron chi connectivity index (χ1n) is 18.1. The molecule has 0 unspecified atom stereocenters. The molecule has 0 aliphatic rings. The van der Waals surface area contributed by atoms with Crippen molar-refractivity contribution in [3.05, 3.63) is 0 Å². The van der Waals surface area contributed by atoms with Crippen LogP contribution in [0.4, 0.5) is 0 Å². The van der Waals surface area contributed by atoms with Gasteiger partial charge in [-0.05, 0) is 46.0 Å². The standard InChI is InChI=1S/C37H72N4O7/c1-12-14-15-20-31(43)38-21-17-16-19-29(41-33(45)37(9,10)28-48-27-36(7,8)24-46-11)32(44)40-23-35(5,6)26-47-25-34(3,4)22-39-30(42)18-13-2/h29H,12-28H2,1-11H3,(H,38,43)(H,39,42)(H,40,44)(H,41,45)/t29-/m1/s1. The molecule has 0 aliphatic carbocycles. The molecule has 4 N–H and O–H groups in total. The molecule has 0 aromatic carbocycles. The predicted molar refractivity (Wildman–Crippen MR) is 192 cm³/mol. The second-order valence-corrected chi connectivity index (χ2v) is 16.4. The van der Waals surface area contributed by atoms with Crippen LogP contribution in [-0.4, -0.2) is 89.4 Å². The fourth-order valence-corrected chi connectivity index (χ4v) is 4.84. The van der Waals surface area contributed by atoms with Crippen LogP contribution in [0.1, 0.15) is 127 Å². The average molecular weight is 685 g/mol. The zero-order valence-electron chi connectivity index (χ0n) is 32.5. The van der Waals surface area contributed by atoms with Crippen molar-refractivity contribution in [2.75, 3.05) is 59.8 Å². The summed E-state index contributed by atoms with van der Waals surface area (Å²) < 4.78 is 17.2. The van der Waals surface area contributed by atoms with Gasteiger partial charge < -0.3 is 35.5 Å². The highest BCUT2D eigenvalue weighted by Gasteiger charge is 2.33. The molecule has 0 spiro atoms. The molecular formula is C37H72N4O7. The summed E-state index contributed by atoms with van der Waals surface area (Å²) in [4.78, 5) is 50.9. The summed E-state index contributed by atoms with van der Waals surface area (Å²) in [7, 11) is 1.65. The molecule has 0 aromatic rings. The molecule has 1 atom stereocenters. The van der Waals surface area contributed by atoms with Crippen LogP contribution >= 0.6 is 0 Å². The molecule has 0 heterocycles. The van der Waals surface area contributed by atoms with Gasteiger partial charge in [0.2, 0.25) is 23.6 Å². The van der Waals surface area contributed by atoms with Gasteiger partial charge in [0, 0.05) is 55.8 Å². The van der Waals surface area contributed by atoms with Crippen molar-refractivity contribution in [1.29, 1.82) is 0 Å². The third kappa shape index (κ3) is 22.4. The number of carbonyl (C=O) groups excluding carboxylic acids is 4. The normalized spacial score (nSPS) is 13.1. The quantitative estimate of drug-likeness (QED) is 0.0835. The molecule has 0 saturated heterocycles. The SMILES string of the molecule is CCCCCC(=O)NCCCC[C@@H](NC(=O)C(C)(C)COCC(C)(C)COC)C(=O)NCC(C)(C)COCC(C)(C)CNC(=O)CCC. The Labute approximate surface area is 292 Å². The largest absolute Gasteiger partial charge is 0.384 e.